The zero-order valence-corrected chi connectivity index (χ0v) is 22.9. The fourth-order valence-corrected chi connectivity index (χ4v) is 6.98. The number of carbonyl (C=O) groups excluding carboxylic acids is 5. The predicted octanol–water partition coefficient (Wildman–Crippen LogP) is -0.105. The first-order valence-corrected chi connectivity index (χ1v) is 13.4. The molecule has 0 aliphatic heterocycles. The van der Waals surface area contributed by atoms with Crippen molar-refractivity contribution in [3.05, 3.63) is 40.7 Å². The van der Waals surface area contributed by atoms with Crippen molar-refractivity contribution in [2.24, 2.45) is 29.4 Å². The number of primary amides is 1. The molecule has 0 aromatic heterocycles. The first-order chi connectivity index (χ1) is 19.4. The average molecular weight is 570 g/mol. The van der Waals surface area contributed by atoms with E-state index >= 15 is 4.39 Å². The van der Waals surface area contributed by atoms with Gasteiger partial charge in [0.2, 0.25) is 5.91 Å². The summed E-state index contributed by atoms with van der Waals surface area (Å²) in [5, 5.41) is 26.2. The van der Waals surface area contributed by atoms with Crippen LogP contribution in [0.4, 0.5) is 4.39 Å². The number of hydrogen-bond acceptors (Lipinski definition) is 10. The Hall–Kier alpha value is -3.58. The number of likely N-dealkylation sites (N-methyl/N-ethyl adjacent to an activating group) is 1. The van der Waals surface area contributed by atoms with Crippen LogP contribution in [0, 0.1) is 29.5 Å². The standard InChI is InChI=1S/C29H32FN3O8/c1-33(2)22-17-10-13-9-16-19(23(34)15-8-12(11-32-6-7-41-3)4-5-14(15)21(16)30)24(35)18(13)26(37)29(17,40)27(38)20(25(22)36)28(31)39/h4-5,8,13,17-18,20,22,32,34,40H,6-7,9-11H2,1-3H3,(H2,31,39). The van der Waals surface area contributed by atoms with Crippen LogP contribution >= 0.6 is 0 Å². The second kappa shape index (κ2) is 10.4. The van der Waals surface area contributed by atoms with Crippen LogP contribution in [0.2, 0.25) is 0 Å². The van der Waals surface area contributed by atoms with Crippen LogP contribution < -0.4 is 11.1 Å². The Labute approximate surface area is 234 Å². The minimum Gasteiger partial charge on any atom is -0.507 e. The van der Waals surface area contributed by atoms with Crippen molar-refractivity contribution < 1.29 is 43.3 Å². The second-order valence-electron chi connectivity index (χ2n) is 11.4. The van der Waals surface area contributed by atoms with Gasteiger partial charge in [0.25, 0.3) is 0 Å². The highest BCUT2D eigenvalue weighted by atomic mass is 19.1. The Morgan fingerprint density at radius 1 is 1.20 bits per heavy atom. The summed E-state index contributed by atoms with van der Waals surface area (Å²) in [6.45, 7) is 1.42. The number of ether oxygens (including phenoxy) is 1. The maximum absolute atomic E-state index is 15.9. The molecule has 0 radical (unpaired) electrons. The molecular weight excluding hydrogens is 537 g/mol. The van der Waals surface area contributed by atoms with Gasteiger partial charge in [0, 0.05) is 42.5 Å². The van der Waals surface area contributed by atoms with Gasteiger partial charge in [0.1, 0.15) is 11.6 Å². The monoisotopic (exact) mass is 569 g/mol. The fourth-order valence-electron chi connectivity index (χ4n) is 6.98. The molecule has 218 valence electrons. The lowest BCUT2D eigenvalue weighted by atomic mass is 9.52. The van der Waals surface area contributed by atoms with E-state index in [1.807, 2.05) is 0 Å². The van der Waals surface area contributed by atoms with Crippen molar-refractivity contribution in [1.29, 1.82) is 0 Å². The van der Waals surface area contributed by atoms with Crippen molar-refractivity contribution >= 4 is 39.8 Å². The molecule has 41 heavy (non-hydrogen) atoms. The average Bonchev–Trinajstić information content (AvgIpc) is 2.91. The number of nitrogens with two attached hydrogens (primary N) is 1. The van der Waals surface area contributed by atoms with Gasteiger partial charge >= 0.3 is 0 Å². The first-order valence-electron chi connectivity index (χ1n) is 13.4. The third-order valence-electron chi connectivity index (χ3n) is 8.85. The number of nitrogens with one attached hydrogen (secondary N) is 1. The number of fused-ring (bicyclic) bond motifs is 4. The maximum atomic E-state index is 15.9. The van der Waals surface area contributed by atoms with Crippen molar-refractivity contribution in [1.82, 2.24) is 10.2 Å². The molecule has 2 saturated carbocycles. The van der Waals surface area contributed by atoms with Crippen molar-refractivity contribution in [3.8, 4) is 5.75 Å². The molecule has 11 nitrogen and oxygen atoms in total. The largest absolute Gasteiger partial charge is 0.507 e. The molecule has 5 rings (SSSR count). The SMILES string of the molecule is COCCNCc1ccc2c(F)c3c(c(O)c2c1)C(=O)C1C(=O)C2(O)C(=O)C(C(N)=O)C(=O)C(N(C)C)C2CC1C3. The second-order valence-corrected chi connectivity index (χ2v) is 11.4. The summed E-state index contributed by atoms with van der Waals surface area (Å²) in [7, 11) is 4.57. The van der Waals surface area contributed by atoms with Gasteiger partial charge in [-0.05, 0) is 44.5 Å². The number of nitrogens with zero attached hydrogens (tertiary/aromatic N) is 1. The zero-order valence-electron chi connectivity index (χ0n) is 22.9. The number of phenolic OH excluding ortho intramolecular Hbond substituents is 1. The van der Waals surface area contributed by atoms with E-state index in [9.17, 15) is 34.2 Å². The molecule has 2 fully saturated rings. The van der Waals surface area contributed by atoms with E-state index < -0.39 is 75.9 Å². The summed E-state index contributed by atoms with van der Waals surface area (Å²) >= 11 is 0. The summed E-state index contributed by atoms with van der Waals surface area (Å²) in [4.78, 5) is 67.8. The van der Waals surface area contributed by atoms with Gasteiger partial charge in [0.15, 0.2) is 34.7 Å². The van der Waals surface area contributed by atoms with E-state index in [1.165, 1.54) is 25.1 Å². The lowest BCUT2D eigenvalue weighted by molar-refractivity contribution is -0.181. The Balaban J connectivity index is 1.60. The van der Waals surface area contributed by atoms with Crippen LogP contribution in [0.1, 0.15) is 27.9 Å². The number of carbonyl (C=O) groups is 5. The molecule has 0 bridgehead atoms. The van der Waals surface area contributed by atoms with Gasteiger partial charge in [-0.2, -0.15) is 0 Å². The fraction of sp³-hybridized carbons (Fsp3) is 0.483. The first kappa shape index (κ1) is 28.9. The van der Waals surface area contributed by atoms with Crippen LogP contribution in [0.3, 0.4) is 0 Å². The van der Waals surface area contributed by atoms with Crippen LogP contribution in [0.5, 0.6) is 5.75 Å². The number of aliphatic hydroxyl groups is 1. The zero-order chi connectivity index (χ0) is 30.0. The molecule has 5 N–H and O–H groups in total. The normalized spacial score (nSPS) is 29.5. The van der Waals surface area contributed by atoms with Crippen LogP contribution in [-0.2, 0) is 36.9 Å². The van der Waals surface area contributed by atoms with Crippen molar-refractivity contribution in [2.75, 3.05) is 34.4 Å². The summed E-state index contributed by atoms with van der Waals surface area (Å²) < 4.78 is 20.9. The lowest BCUT2D eigenvalue weighted by Gasteiger charge is -2.52. The smallest absolute Gasteiger partial charge is 0.235 e. The molecule has 2 aromatic carbocycles. The Bertz CT molecular complexity index is 1510. The minimum atomic E-state index is -2.83. The quantitative estimate of drug-likeness (QED) is 0.260. The van der Waals surface area contributed by atoms with E-state index in [4.69, 9.17) is 10.5 Å². The highest BCUT2D eigenvalue weighted by molar-refractivity contribution is 6.32. The van der Waals surface area contributed by atoms with E-state index in [0.29, 0.717) is 25.3 Å². The van der Waals surface area contributed by atoms with Crippen LogP contribution in [0.25, 0.3) is 10.8 Å². The number of amides is 1. The number of ketones is 4. The summed E-state index contributed by atoms with van der Waals surface area (Å²) in [5.41, 5.74) is 2.78. The number of halogens is 1. The maximum Gasteiger partial charge on any atom is 0.235 e. The molecule has 0 saturated heterocycles. The van der Waals surface area contributed by atoms with Gasteiger partial charge in [0.05, 0.1) is 24.1 Å². The highest BCUT2D eigenvalue weighted by Crippen LogP contribution is 2.52. The molecule has 6 unspecified atom stereocenters. The Kier molecular flexibility index (Phi) is 7.31. The van der Waals surface area contributed by atoms with E-state index in [1.54, 1.807) is 19.2 Å². The molecule has 3 aliphatic rings. The lowest BCUT2D eigenvalue weighted by Crippen LogP contribution is -2.74. The minimum absolute atomic E-state index is 0.0599. The topological polar surface area (TPSA) is 176 Å². The van der Waals surface area contributed by atoms with Crippen LogP contribution in [-0.4, -0.2) is 90.2 Å². The third-order valence-corrected chi connectivity index (χ3v) is 8.85. The highest BCUT2D eigenvalue weighted by Gasteiger charge is 2.69. The number of benzene rings is 2. The summed E-state index contributed by atoms with van der Waals surface area (Å²) in [5.74, 6) is -12.5. The molecule has 3 aliphatic carbocycles. The number of rotatable bonds is 7. The molecule has 6 atom stereocenters. The Morgan fingerprint density at radius 2 is 1.90 bits per heavy atom. The molecule has 12 heteroatoms. The van der Waals surface area contributed by atoms with Gasteiger partial charge in [-0.1, -0.05) is 12.1 Å². The van der Waals surface area contributed by atoms with Crippen molar-refractivity contribution in [2.45, 2.75) is 31.0 Å². The molecular formula is C29H32FN3O8. The van der Waals surface area contributed by atoms with Gasteiger partial charge in [-0.3, -0.25) is 28.9 Å². The van der Waals surface area contributed by atoms with Gasteiger partial charge < -0.3 is 26.0 Å². The molecule has 1 amide bonds. The van der Waals surface area contributed by atoms with Crippen molar-refractivity contribution in [3.63, 3.8) is 0 Å². The number of Topliss-reactive ketones (excluding diaryl/α,β-unsaturated/α-hetero) is 4. The molecule has 2 aromatic rings. The number of phenols is 1. The van der Waals surface area contributed by atoms with Crippen LogP contribution in [0.15, 0.2) is 18.2 Å². The van der Waals surface area contributed by atoms with Gasteiger partial charge in [-0.25, -0.2) is 4.39 Å². The predicted molar refractivity (Wildman–Crippen MR) is 142 cm³/mol. The molecule has 0 spiro atoms. The Morgan fingerprint density at radius 3 is 2.54 bits per heavy atom. The summed E-state index contributed by atoms with van der Waals surface area (Å²) in [6.07, 6.45) is -0.282. The number of methoxy groups -OCH3 is 1. The third kappa shape index (κ3) is 4.19. The van der Waals surface area contributed by atoms with E-state index in [-0.39, 0.29) is 34.7 Å². The molecule has 0 heterocycles. The van der Waals surface area contributed by atoms with E-state index in [2.05, 4.69) is 5.32 Å². The summed E-state index contributed by atoms with van der Waals surface area (Å²) in [6, 6.07) is 3.55. The number of hydrogen-bond donors (Lipinski definition) is 4. The van der Waals surface area contributed by atoms with E-state index in [0.717, 1.165) is 0 Å². The number of aromatic hydroxyl groups is 1. The van der Waals surface area contributed by atoms with Gasteiger partial charge in [-0.15, -0.1) is 0 Å².